The number of hydrogen-bond donors (Lipinski definition) is 0. The van der Waals surface area contributed by atoms with Gasteiger partial charge in [-0.1, -0.05) is 12.0 Å². The largest absolute Gasteiger partial charge is 0.452 e. The average Bonchev–Trinajstić information content (AvgIpc) is 1.97. The molecule has 0 saturated heterocycles. The summed E-state index contributed by atoms with van der Waals surface area (Å²) in [5, 5.41) is 0. The molecule has 0 aliphatic rings. The molecule has 0 aliphatic heterocycles. The molecule has 0 aliphatic carbocycles. The monoisotopic (exact) mass is 138 g/mol. The van der Waals surface area contributed by atoms with E-state index in [0.29, 0.717) is 12.8 Å². The molecule has 0 atom stereocenters. The van der Waals surface area contributed by atoms with E-state index in [-0.39, 0.29) is 12.6 Å². The van der Waals surface area contributed by atoms with Crippen molar-refractivity contribution in [2.45, 2.75) is 12.8 Å². The molecule has 0 heterocycles. The first kappa shape index (κ1) is 8.77. The Kier molecular flexibility index (Phi) is 5.17. The van der Waals surface area contributed by atoms with Crippen LogP contribution in [0.25, 0.3) is 0 Å². The maximum absolute atomic E-state index is 10.6. The van der Waals surface area contributed by atoms with E-state index in [2.05, 4.69) is 17.2 Å². The van der Waals surface area contributed by atoms with Crippen LogP contribution in [0.4, 0.5) is 0 Å². The van der Waals surface area contributed by atoms with Crippen molar-refractivity contribution in [2.24, 2.45) is 0 Å². The lowest BCUT2D eigenvalue weighted by Gasteiger charge is -1.96. The summed E-state index contributed by atoms with van der Waals surface area (Å²) in [5.41, 5.74) is 0. The minimum absolute atomic E-state index is 0.0655. The molecule has 2 nitrogen and oxygen atoms in total. The summed E-state index contributed by atoms with van der Waals surface area (Å²) in [6.07, 6.45) is 7.53. The Bertz CT molecular complexity index is 153. The number of esters is 1. The third-order valence-corrected chi connectivity index (χ3v) is 0.869. The quantitative estimate of drug-likeness (QED) is 0.330. The van der Waals surface area contributed by atoms with Gasteiger partial charge in [-0.15, -0.1) is 13.0 Å². The summed E-state index contributed by atoms with van der Waals surface area (Å²) >= 11 is 0. The first-order valence-electron chi connectivity index (χ1n) is 3.01. The highest BCUT2D eigenvalue weighted by Gasteiger charge is 1.97. The normalized spacial score (nSPS) is 7.90. The predicted octanol–water partition coefficient (Wildman–Crippen LogP) is 1.13. The van der Waals surface area contributed by atoms with Crippen LogP contribution in [0.2, 0.25) is 0 Å². The average molecular weight is 138 g/mol. The number of carbonyl (C=O) groups excluding carboxylic acids is 1. The number of ether oxygens (including phenoxy) is 1. The Morgan fingerprint density at radius 1 is 1.80 bits per heavy atom. The Morgan fingerprint density at radius 2 is 2.50 bits per heavy atom. The van der Waals surface area contributed by atoms with Crippen molar-refractivity contribution in [3.8, 4) is 12.3 Å². The van der Waals surface area contributed by atoms with Crippen molar-refractivity contribution in [2.75, 3.05) is 6.61 Å². The van der Waals surface area contributed by atoms with Crippen molar-refractivity contribution in [1.82, 2.24) is 0 Å². The Hall–Kier alpha value is -1.23. The lowest BCUT2D eigenvalue weighted by Crippen LogP contribution is -2.03. The molecular formula is C8H10O2. The van der Waals surface area contributed by atoms with E-state index in [0.717, 1.165) is 0 Å². The van der Waals surface area contributed by atoms with Gasteiger partial charge in [-0.2, -0.15) is 0 Å². The van der Waals surface area contributed by atoms with Crippen molar-refractivity contribution in [3.63, 3.8) is 0 Å². The number of terminal acetylenes is 1. The van der Waals surface area contributed by atoms with E-state index < -0.39 is 0 Å². The first-order chi connectivity index (χ1) is 4.81. The van der Waals surface area contributed by atoms with Crippen molar-refractivity contribution >= 4 is 5.97 Å². The van der Waals surface area contributed by atoms with Crippen molar-refractivity contribution in [3.05, 3.63) is 12.7 Å². The first-order valence-corrected chi connectivity index (χ1v) is 3.01. The zero-order valence-electron chi connectivity index (χ0n) is 5.80. The number of carbonyl (C=O) groups is 1. The lowest BCUT2D eigenvalue weighted by molar-refractivity contribution is -0.142. The third kappa shape index (κ3) is 4.92. The molecule has 0 saturated carbocycles. The predicted molar refractivity (Wildman–Crippen MR) is 39.2 cm³/mol. The summed E-state index contributed by atoms with van der Waals surface area (Å²) in [6.45, 7) is 3.53. The minimum Gasteiger partial charge on any atom is -0.452 e. The third-order valence-electron chi connectivity index (χ3n) is 0.869. The molecule has 0 aromatic rings. The lowest BCUT2D eigenvalue weighted by atomic mass is 10.3. The molecule has 0 radical (unpaired) electrons. The smallest absolute Gasteiger partial charge is 0.307 e. The summed E-state index contributed by atoms with van der Waals surface area (Å²) in [5.74, 6) is 1.94. The number of hydrogen-bond acceptors (Lipinski definition) is 2. The van der Waals surface area contributed by atoms with Crippen LogP contribution in [0.15, 0.2) is 12.7 Å². The van der Waals surface area contributed by atoms with E-state index in [4.69, 9.17) is 6.42 Å². The summed E-state index contributed by atoms with van der Waals surface area (Å²) < 4.78 is 4.57. The zero-order chi connectivity index (χ0) is 7.82. The van der Waals surface area contributed by atoms with Gasteiger partial charge in [0, 0.05) is 6.42 Å². The SMILES string of the molecule is C#CCOC(=O)CCC=C. The highest BCUT2D eigenvalue weighted by Crippen LogP contribution is 1.91. The molecule has 0 rings (SSSR count). The second kappa shape index (κ2) is 5.90. The molecule has 10 heavy (non-hydrogen) atoms. The number of rotatable bonds is 4. The molecule has 0 unspecified atom stereocenters. The van der Waals surface area contributed by atoms with Gasteiger partial charge in [0.25, 0.3) is 0 Å². The van der Waals surface area contributed by atoms with Gasteiger partial charge in [-0.3, -0.25) is 4.79 Å². The zero-order valence-corrected chi connectivity index (χ0v) is 5.80. The Labute approximate surface area is 60.9 Å². The fraction of sp³-hybridized carbons (Fsp3) is 0.375. The fourth-order valence-corrected chi connectivity index (χ4v) is 0.414. The molecular weight excluding hydrogens is 128 g/mol. The minimum atomic E-state index is -0.266. The summed E-state index contributed by atoms with van der Waals surface area (Å²) in [7, 11) is 0. The van der Waals surface area contributed by atoms with Gasteiger partial charge in [-0.05, 0) is 6.42 Å². The molecule has 0 aromatic heterocycles. The summed E-state index contributed by atoms with van der Waals surface area (Å²) in [4.78, 5) is 10.6. The van der Waals surface area contributed by atoms with Gasteiger partial charge in [0.05, 0.1) is 0 Å². The number of allylic oxidation sites excluding steroid dienone is 1. The van der Waals surface area contributed by atoms with Crippen molar-refractivity contribution in [1.29, 1.82) is 0 Å². The topological polar surface area (TPSA) is 26.3 Å². The standard InChI is InChI=1S/C8H10O2/c1-3-5-6-8(9)10-7-4-2/h2-3H,1,5-7H2. The van der Waals surface area contributed by atoms with Gasteiger partial charge < -0.3 is 4.74 Å². The molecule has 54 valence electrons. The Balaban J connectivity index is 3.27. The van der Waals surface area contributed by atoms with E-state index in [1.54, 1.807) is 6.08 Å². The van der Waals surface area contributed by atoms with Crippen LogP contribution in [0.5, 0.6) is 0 Å². The van der Waals surface area contributed by atoms with Crippen LogP contribution in [0.3, 0.4) is 0 Å². The highest BCUT2D eigenvalue weighted by molar-refractivity contribution is 5.69. The van der Waals surface area contributed by atoms with Gasteiger partial charge in [-0.25, -0.2) is 0 Å². The second-order valence-corrected chi connectivity index (χ2v) is 1.69. The van der Waals surface area contributed by atoms with Gasteiger partial charge in [0.15, 0.2) is 6.61 Å². The highest BCUT2D eigenvalue weighted by atomic mass is 16.5. The van der Waals surface area contributed by atoms with E-state index in [1.807, 2.05) is 0 Å². The van der Waals surface area contributed by atoms with Crippen LogP contribution in [0, 0.1) is 12.3 Å². The van der Waals surface area contributed by atoms with Crippen LogP contribution in [0.1, 0.15) is 12.8 Å². The maximum atomic E-state index is 10.6. The fourth-order valence-electron chi connectivity index (χ4n) is 0.414. The molecule has 0 amide bonds. The van der Waals surface area contributed by atoms with Gasteiger partial charge in [0.1, 0.15) is 0 Å². The molecule has 2 heteroatoms. The van der Waals surface area contributed by atoms with E-state index >= 15 is 0 Å². The molecule has 0 bridgehead atoms. The van der Waals surface area contributed by atoms with Gasteiger partial charge >= 0.3 is 5.97 Å². The van der Waals surface area contributed by atoms with Crippen LogP contribution in [-0.4, -0.2) is 12.6 Å². The molecule has 0 spiro atoms. The van der Waals surface area contributed by atoms with Crippen molar-refractivity contribution < 1.29 is 9.53 Å². The van der Waals surface area contributed by atoms with Crippen LogP contribution >= 0.6 is 0 Å². The van der Waals surface area contributed by atoms with Gasteiger partial charge in [0.2, 0.25) is 0 Å². The maximum Gasteiger partial charge on any atom is 0.307 e. The molecule has 0 fully saturated rings. The van der Waals surface area contributed by atoms with Crippen LogP contribution < -0.4 is 0 Å². The second-order valence-electron chi connectivity index (χ2n) is 1.69. The molecule has 0 aromatic carbocycles. The Morgan fingerprint density at radius 3 is 3.00 bits per heavy atom. The van der Waals surface area contributed by atoms with Crippen LogP contribution in [-0.2, 0) is 9.53 Å². The van der Waals surface area contributed by atoms with E-state index in [9.17, 15) is 4.79 Å². The molecule has 0 N–H and O–H groups in total. The summed E-state index contributed by atoms with van der Waals surface area (Å²) in [6, 6.07) is 0. The van der Waals surface area contributed by atoms with E-state index in [1.165, 1.54) is 0 Å².